The number of aromatic hydroxyl groups is 1. The molecule has 2 aromatic carbocycles. The predicted octanol–water partition coefficient (Wildman–Crippen LogP) is 4.83. The van der Waals surface area contributed by atoms with E-state index in [1.165, 1.54) is 11.2 Å². The van der Waals surface area contributed by atoms with E-state index in [0.29, 0.717) is 11.3 Å². The number of halogens is 4. The summed E-state index contributed by atoms with van der Waals surface area (Å²) in [5, 5.41) is 17.3. The highest BCUT2D eigenvalue weighted by Crippen LogP contribution is 2.36. The quantitative estimate of drug-likeness (QED) is 0.224. The smallest absolute Gasteiger partial charge is 0.416 e. The van der Waals surface area contributed by atoms with Gasteiger partial charge >= 0.3 is 6.18 Å². The van der Waals surface area contributed by atoms with Gasteiger partial charge in [0.1, 0.15) is 18.6 Å². The van der Waals surface area contributed by atoms with E-state index < -0.39 is 29.1 Å². The van der Waals surface area contributed by atoms with Crippen molar-refractivity contribution in [3.05, 3.63) is 91.9 Å². The van der Waals surface area contributed by atoms with E-state index in [9.17, 15) is 32.7 Å². The molecule has 1 aliphatic heterocycles. The molecule has 0 radical (unpaired) electrons. The van der Waals surface area contributed by atoms with Crippen LogP contribution >= 0.6 is 11.6 Å². The Morgan fingerprint density at radius 3 is 2.54 bits per heavy atom. The second kappa shape index (κ2) is 14.4. The number of aryl methyl sites for hydroxylation is 2. The first-order valence-electron chi connectivity index (χ1n) is 17.2. The Kier molecular flexibility index (Phi) is 9.78. The van der Waals surface area contributed by atoms with Gasteiger partial charge in [0.2, 0.25) is 11.7 Å². The fraction of sp³-hybridized carbons (Fsp3) is 0.361. The number of methoxy groups -OCH3 is 1. The van der Waals surface area contributed by atoms with Gasteiger partial charge in [0, 0.05) is 38.9 Å². The molecule has 18 heteroatoms. The second-order valence-electron chi connectivity index (χ2n) is 13.0. The summed E-state index contributed by atoms with van der Waals surface area (Å²) in [6.07, 6.45) is -1.52. The van der Waals surface area contributed by atoms with Gasteiger partial charge in [0.25, 0.3) is 11.5 Å². The van der Waals surface area contributed by atoms with Crippen molar-refractivity contribution in [2.45, 2.75) is 51.9 Å². The number of carbonyl (C=O) groups is 2. The maximum atomic E-state index is 14.4. The Balaban J connectivity index is 1.26. The number of amides is 2. The van der Waals surface area contributed by atoms with Crippen molar-refractivity contribution in [1.29, 1.82) is 0 Å². The van der Waals surface area contributed by atoms with Crippen LogP contribution in [0.15, 0.2) is 47.5 Å². The molecule has 2 amide bonds. The van der Waals surface area contributed by atoms with Gasteiger partial charge in [-0.25, -0.2) is 9.97 Å². The molecule has 14 nitrogen and oxygen atoms in total. The van der Waals surface area contributed by atoms with Gasteiger partial charge in [-0.1, -0.05) is 30.7 Å². The molecule has 1 saturated heterocycles. The van der Waals surface area contributed by atoms with Crippen LogP contribution in [0.3, 0.4) is 0 Å². The Hall–Kier alpha value is -5.55. The normalized spacial score (nSPS) is 15.9. The van der Waals surface area contributed by atoms with Gasteiger partial charge in [-0.3, -0.25) is 14.4 Å². The molecule has 7 rings (SSSR count). The number of nitrogens with one attached hydrogen (secondary N) is 1. The van der Waals surface area contributed by atoms with Gasteiger partial charge in [0.05, 0.1) is 33.8 Å². The third-order valence-corrected chi connectivity index (χ3v) is 10.1. The van der Waals surface area contributed by atoms with Gasteiger partial charge < -0.3 is 29.5 Å². The highest BCUT2D eigenvalue weighted by molar-refractivity contribution is 6.33. The van der Waals surface area contributed by atoms with E-state index >= 15 is 0 Å². The van der Waals surface area contributed by atoms with Crippen LogP contribution in [0.2, 0.25) is 5.02 Å². The summed E-state index contributed by atoms with van der Waals surface area (Å²) in [7, 11) is 1.66. The number of alkyl halides is 3. The minimum Gasteiger partial charge on any atom is -0.504 e. The van der Waals surface area contributed by atoms with Crippen molar-refractivity contribution in [3.63, 3.8) is 0 Å². The molecule has 4 heterocycles. The molecule has 2 N–H and O–H groups in total. The average molecular weight is 766 g/mol. The van der Waals surface area contributed by atoms with Crippen LogP contribution in [-0.2, 0) is 35.1 Å². The van der Waals surface area contributed by atoms with E-state index in [1.54, 1.807) is 18.6 Å². The van der Waals surface area contributed by atoms with Crippen molar-refractivity contribution in [2.24, 2.45) is 0 Å². The number of nitrogens with zero attached hydrogens (tertiary/aromatic N) is 8. The minimum absolute atomic E-state index is 0.0173. The van der Waals surface area contributed by atoms with Crippen LogP contribution in [0.5, 0.6) is 5.75 Å². The molecule has 0 spiro atoms. The SMILES string of the molecule is CCc1c(N2CCN(C(=O)c3ncnc(C)c3O)CC2)c(=O)n2nc(-c3ccc4c(c3)CCC4OC)nc2n1CC(=O)Nc1ccc(C(F)(F)F)cc1Cl. The van der Waals surface area contributed by atoms with Crippen LogP contribution in [0.4, 0.5) is 24.5 Å². The van der Waals surface area contributed by atoms with Crippen LogP contribution < -0.4 is 15.8 Å². The number of anilines is 2. The monoisotopic (exact) mass is 765 g/mol. The number of benzene rings is 2. The van der Waals surface area contributed by atoms with Crippen LogP contribution in [0.1, 0.15) is 58.0 Å². The maximum absolute atomic E-state index is 14.4. The zero-order valence-corrected chi connectivity index (χ0v) is 30.2. The van der Waals surface area contributed by atoms with Crippen molar-refractivity contribution in [2.75, 3.05) is 43.5 Å². The third kappa shape index (κ3) is 6.72. The standard InChI is InChI=1S/C36H35ClF3N9O5/c1-4-26-30(46-11-13-47(14-12-46)33(52)29-31(51)19(2)41-18-42-29)34(53)49-35(44-32(45-49)21-5-8-23-20(15-21)6-10-27(23)54-3)48(26)17-28(50)43-25-9-7-22(16-24(25)37)36(38,39)40/h5,7-9,15-16,18,27,51H,4,6,10-14,17H2,1-3H3,(H,43,50). The molecular formula is C36H35ClF3N9O5. The van der Waals surface area contributed by atoms with Gasteiger partial charge in [0.15, 0.2) is 17.3 Å². The van der Waals surface area contributed by atoms with E-state index in [2.05, 4.69) is 20.4 Å². The molecule has 1 unspecified atom stereocenters. The number of ether oxygens (including phenoxy) is 1. The lowest BCUT2D eigenvalue weighted by atomic mass is 10.1. The first kappa shape index (κ1) is 36.8. The van der Waals surface area contributed by atoms with E-state index in [1.807, 2.05) is 30.0 Å². The van der Waals surface area contributed by atoms with Crippen LogP contribution in [0, 0.1) is 6.92 Å². The van der Waals surface area contributed by atoms with Gasteiger partial charge in [-0.2, -0.15) is 22.7 Å². The number of hydrogen-bond donors (Lipinski definition) is 2. The van der Waals surface area contributed by atoms with Crippen molar-refractivity contribution < 1.29 is 32.6 Å². The summed E-state index contributed by atoms with van der Waals surface area (Å²) in [6, 6.07) is 8.41. The molecule has 0 bridgehead atoms. The van der Waals surface area contributed by atoms with Crippen molar-refractivity contribution in [1.82, 2.24) is 34.0 Å². The number of rotatable bonds is 8. The third-order valence-electron chi connectivity index (χ3n) is 9.83. The molecule has 282 valence electrons. The molecule has 54 heavy (non-hydrogen) atoms. The Morgan fingerprint density at radius 2 is 1.85 bits per heavy atom. The van der Waals surface area contributed by atoms with Crippen molar-refractivity contribution in [3.8, 4) is 17.1 Å². The largest absolute Gasteiger partial charge is 0.504 e. The maximum Gasteiger partial charge on any atom is 0.416 e. The molecule has 5 aromatic rings. The summed E-state index contributed by atoms with van der Waals surface area (Å²) in [5.74, 6) is -1.07. The molecule has 3 aromatic heterocycles. The number of aromatic nitrogens is 6. The highest BCUT2D eigenvalue weighted by Gasteiger charge is 2.33. The molecule has 1 fully saturated rings. The molecule has 1 aliphatic carbocycles. The lowest BCUT2D eigenvalue weighted by molar-refractivity contribution is -0.137. The Labute approximate surface area is 311 Å². The van der Waals surface area contributed by atoms with E-state index in [-0.39, 0.29) is 90.4 Å². The zero-order valence-electron chi connectivity index (χ0n) is 29.4. The van der Waals surface area contributed by atoms with E-state index in [4.69, 9.17) is 21.3 Å². The topological polar surface area (TPSA) is 160 Å². The summed E-state index contributed by atoms with van der Waals surface area (Å²) in [5.41, 5.74) is 2.21. The van der Waals surface area contributed by atoms with Gasteiger partial charge in [-0.15, -0.1) is 5.10 Å². The van der Waals surface area contributed by atoms with Crippen molar-refractivity contribution >= 4 is 40.6 Å². The minimum atomic E-state index is -4.62. The molecular weight excluding hydrogens is 731 g/mol. The Bertz CT molecular complexity index is 2360. The summed E-state index contributed by atoms with van der Waals surface area (Å²) in [6.45, 7) is 3.83. The predicted molar refractivity (Wildman–Crippen MR) is 192 cm³/mol. The summed E-state index contributed by atoms with van der Waals surface area (Å²) >= 11 is 6.15. The highest BCUT2D eigenvalue weighted by atomic mass is 35.5. The number of piperazine rings is 1. The van der Waals surface area contributed by atoms with Crippen LogP contribution in [0.25, 0.3) is 17.2 Å². The first-order chi connectivity index (χ1) is 25.8. The first-order valence-corrected chi connectivity index (χ1v) is 17.6. The fourth-order valence-corrected chi connectivity index (χ4v) is 7.27. The number of carbonyl (C=O) groups excluding carboxylic acids is 2. The molecule has 0 saturated carbocycles. The average Bonchev–Trinajstić information content (AvgIpc) is 3.79. The zero-order chi connectivity index (χ0) is 38.5. The lowest BCUT2D eigenvalue weighted by Gasteiger charge is -2.36. The molecule has 2 aliphatic rings. The van der Waals surface area contributed by atoms with Crippen LogP contribution in [-0.4, -0.2) is 84.2 Å². The van der Waals surface area contributed by atoms with E-state index in [0.717, 1.165) is 46.7 Å². The van der Waals surface area contributed by atoms with Gasteiger partial charge in [-0.05, 0) is 61.6 Å². The Morgan fingerprint density at radius 1 is 1.09 bits per heavy atom. The summed E-state index contributed by atoms with van der Waals surface area (Å²) < 4.78 is 48.1. The number of hydrogen-bond acceptors (Lipinski definition) is 10. The lowest BCUT2D eigenvalue weighted by Crippen LogP contribution is -2.51. The second-order valence-corrected chi connectivity index (χ2v) is 13.4. The molecule has 1 atom stereocenters. The summed E-state index contributed by atoms with van der Waals surface area (Å²) in [4.78, 5) is 57.3. The fourth-order valence-electron chi connectivity index (χ4n) is 7.05. The number of fused-ring (bicyclic) bond motifs is 2.